The predicted molar refractivity (Wildman–Crippen MR) is 70.5 cm³/mol. The van der Waals surface area contributed by atoms with E-state index < -0.39 is 0 Å². The molecule has 0 aromatic rings. The number of carbonyl (C=O) groups excluding carboxylic acids is 1. The third kappa shape index (κ3) is 3.67. The molecular formula is C13H25N3O2. The monoisotopic (exact) mass is 255 g/mol. The van der Waals surface area contributed by atoms with E-state index in [1.54, 1.807) is 0 Å². The number of carbonyl (C=O) groups is 1. The minimum atomic E-state index is -0.0658. The van der Waals surface area contributed by atoms with Crippen LogP contribution < -0.4 is 5.32 Å². The van der Waals surface area contributed by atoms with Crippen molar-refractivity contribution in [2.24, 2.45) is 0 Å². The van der Waals surface area contributed by atoms with Gasteiger partial charge >= 0.3 is 0 Å². The SMILES string of the molecule is CN(C)CC1NCCCN(CC2CCCO2)C1=O. The largest absolute Gasteiger partial charge is 0.376 e. The number of likely N-dealkylation sites (N-methyl/N-ethyl adjacent to an activating group) is 1. The van der Waals surface area contributed by atoms with Crippen LogP contribution >= 0.6 is 0 Å². The van der Waals surface area contributed by atoms with E-state index in [0.29, 0.717) is 0 Å². The molecule has 2 fully saturated rings. The highest BCUT2D eigenvalue weighted by Crippen LogP contribution is 2.15. The first-order chi connectivity index (χ1) is 8.66. The van der Waals surface area contributed by atoms with Gasteiger partial charge in [-0.25, -0.2) is 0 Å². The summed E-state index contributed by atoms with van der Waals surface area (Å²) in [5.41, 5.74) is 0. The molecule has 0 spiro atoms. The molecule has 2 aliphatic rings. The molecule has 2 unspecified atom stereocenters. The molecule has 0 aromatic carbocycles. The summed E-state index contributed by atoms with van der Waals surface area (Å²) in [5, 5.41) is 3.34. The molecular weight excluding hydrogens is 230 g/mol. The van der Waals surface area contributed by atoms with Crippen molar-refractivity contribution in [3.05, 3.63) is 0 Å². The van der Waals surface area contributed by atoms with Gasteiger partial charge in [-0.1, -0.05) is 0 Å². The average Bonchev–Trinajstić information content (AvgIpc) is 2.77. The topological polar surface area (TPSA) is 44.8 Å². The van der Waals surface area contributed by atoms with Crippen LogP contribution in [-0.4, -0.2) is 74.7 Å². The molecule has 1 amide bonds. The van der Waals surface area contributed by atoms with Crippen molar-refractivity contribution in [3.63, 3.8) is 0 Å². The molecule has 5 heteroatoms. The van der Waals surface area contributed by atoms with Gasteiger partial charge in [-0.2, -0.15) is 0 Å². The molecule has 5 nitrogen and oxygen atoms in total. The highest BCUT2D eigenvalue weighted by Gasteiger charge is 2.29. The number of hydrogen-bond acceptors (Lipinski definition) is 4. The molecule has 1 N–H and O–H groups in total. The van der Waals surface area contributed by atoms with Crippen molar-refractivity contribution in [3.8, 4) is 0 Å². The van der Waals surface area contributed by atoms with Crippen molar-refractivity contribution < 1.29 is 9.53 Å². The van der Waals surface area contributed by atoms with Crippen LogP contribution in [0, 0.1) is 0 Å². The Balaban J connectivity index is 1.92. The fourth-order valence-corrected chi connectivity index (χ4v) is 2.69. The molecule has 2 atom stereocenters. The number of nitrogens with zero attached hydrogens (tertiary/aromatic N) is 2. The molecule has 0 aliphatic carbocycles. The van der Waals surface area contributed by atoms with Gasteiger partial charge in [0.15, 0.2) is 0 Å². The summed E-state index contributed by atoms with van der Waals surface area (Å²) in [6.07, 6.45) is 3.51. The first-order valence-electron chi connectivity index (χ1n) is 6.95. The van der Waals surface area contributed by atoms with Crippen LogP contribution in [0.2, 0.25) is 0 Å². The summed E-state index contributed by atoms with van der Waals surface area (Å²) >= 11 is 0. The maximum atomic E-state index is 12.4. The van der Waals surface area contributed by atoms with Gasteiger partial charge in [0, 0.05) is 26.2 Å². The Bertz CT molecular complexity index is 277. The van der Waals surface area contributed by atoms with Gasteiger partial charge in [0.05, 0.1) is 12.1 Å². The van der Waals surface area contributed by atoms with Gasteiger partial charge in [0.2, 0.25) is 5.91 Å². The van der Waals surface area contributed by atoms with E-state index in [1.165, 1.54) is 0 Å². The van der Waals surface area contributed by atoms with Crippen molar-refractivity contribution >= 4 is 5.91 Å². The van der Waals surface area contributed by atoms with Crippen molar-refractivity contribution in [1.82, 2.24) is 15.1 Å². The Kier molecular flexibility index (Phi) is 4.97. The molecule has 0 bridgehead atoms. The number of hydrogen-bond donors (Lipinski definition) is 1. The van der Waals surface area contributed by atoms with E-state index in [-0.39, 0.29) is 18.1 Å². The minimum absolute atomic E-state index is 0.0658. The van der Waals surface area contributed by atoms with Crippen molar-refractivity contribution in [2.45, 2.75) is 31.4 Å². The van der Waals surface area contributed by atoms with E-state index in [0.717, 1.165) is 52.0 Å². The van der Waals surface area contributed by atoms with Gasteiger partial charge in [-0.05, 0) is 39.9 Å². The van der Waals surface area contributed by atoms with Crippen LogP contribution in [0.5, 0.6) is 0 Å². The van der Waals surface area contributed by atoms with E-state index in [4.69, 9.17) is 4.74 Å². The zero-order chi connectivity index (χ0) is 13.0. The first kappa shape index (κ1) is 13.8. The second-order valence-electron chi connectivity index (χ2n) is 5.54. The Morgan fingerprint density at radius 3 is 2.94 bits per heavy atom. The van der Waals surface area contributed by atoms with E-state index in [9.17, 15) is 4.79 Å². The molecule has 2 rings (SSSR count). The number of rotatable bonds is 4. The third-order valence-corrected chi connectivity index (χ3v) is 3.60. The van der Waals surface area contributed by atoms with Crippen LogP contribution in [0.25, 0.3) is 0 Å². The Morgan fingerprint density at radius 1 is 1.44 bits per heavy atom. The molecule has 2 aliphatic heterocycles. The molecule has 0 saturated carbocycles. The summed E-state index contributed by atoms with van der Waals surface area (Å²) in [6.45, 7) is 4.17. The summed E-state index contributed by atoms with van der Waals surface area (Å²) in [7, 11) is 4.01. The zero-order valence-electron chi connectivity index (χ0n) is 11.5. The van der Waals surface area contributed by atoms with Crippen LogP contribution in [0.4, 0.5) is 0 Å². The fraction of sp³-hybridized carbons (Fsp3) is 0.923. The normalized spacial score (nSPS) is 29.9. The van der Waals surface area contributed by atoms with Crippen molar-refractivity contribution in [1.29, 1.82) is 0 Å². The maximum Gasteiger partial charge on any atom is 0.241 e. The summed E-state index contributed by atoms with van der Waals surface area (Å²) in [5.74, 6) is 0.233. The highest BCUT2D eigenvalue weighted by atomic mass is 16.5. The third-order valence-electron chi connectivity index (χ3n) is 3.60. The fourth-order valence-electron chi connectivity index (χ4n) is 2.69. The highest BCUT2D eigenvalue weighted by molar-refractivity contribution is 5.82. The number of nitrogens with one attached hydrogen (secondary N) is 1. The Morgan fingerprint density at radius 2 is 2.28 bits per heavy atom. The van der Waals surface area contributed by atoms with Gasteiger partial charge < -0.3 is 19.9 Å². The number of amides is 1. The Labute approximate surface area is 109 Å². The van der Waals surface area contributed by atoms with E-state index in [1.807, 2.05) is 19.0 Å². The first-order valence-corrected chi connectivity index (χ1v) is 6.95. The minimum Gasteiger partial charge on any atom is -0.376 e. The molecule has 2 saturated heterocycles. The van der Waals surface area contributed by atoms with Crippen LogP contribution in [0.15, 0.2) is 0 Å². The molecule has 18 heavy (non-hydrogen) atoms. The standard InChI is InChI=1S/C13H25N3O2/c1-15(2)10-12-13(17)16(7-4-6-14-12)9-11-5-3-8-18-11/h11-12,14H,3-10H2,1-2H3. The van der Waals surface area contributed by atoms with Crippen LogP contribution in [-0.2, 0) is 9.53 Å². The summed E-state index contributed by atoms with van der Waals surface area (Å²) < 4.78 is 5.64. The van der Waals surface area contributed by atoms with Crippen LogP contribution in [0.1, 0.15) is 19.3 Å². The lowest BCUT2D eigenvalue weighted by Gasteiger charge is -2.27. The second kappa shape index (κ2) is 6.50. The molecule has 0 radical (unpaired) electrons. The smallest absolute Gasteiger partial charge is 0.241 e. The average molecular weight is 255 g/mol. The quantitative estimate of drug-likeness (QED) is 0.763. The summed E-state index contributed by atoms with van der Waals surface area (Å²) in [6, 6.07) is -0.0658. The van der Waals surface area contributed by atoms with Crippen molar-refractivity contribution in [2.75, 3.05) is 46.9 Å². The van der Waals surface area contributed by atoms with Gasteiger partial charge in [-0.3, -0.25) is 4.79 Å². The summed E-state index contributed by atoms with van der Waals surface area (Å²) in [4.78, 5) is 16.5. The second-order valence-corrected chi connectivity index (χ2v) is 5.54. The Hall–Kier alpha value is -0.650. The number of ether oxygens (including phenoxy) is 1. The zero-order valence-corrected chi connectivity index (χ0v) is 11.5. The van der Waals surface area contributed by atoms with E-state index in [2.05, 4.69) is 10.2 Å². The van der Waals surface area contributed by atoms with Crippen LogP contribution in [0.3, 0.4) is 0 Å². The lowest BCUT2D eigenvalue weighted by molar-refractivity contribution is -0.134. The van der Waals surface area contributed by atoms with Gasteiger partial charge in [0.25, 0.3) is 0 Å². The maximum absolute atomic E-state index is 12.4. The molecule has 2 heterocycles. The van der Waals surface area contributed by atoms with Gasteiger partial charge in [-0.15, -0.1) is 0 Å². The lowest BCUT2D eigenvalue weighted by Crippen LogP contribution is -2.50. The van der Waals surface area contributed by atoms with Gasteiger partial charge in [0.1, 0.15) is 0 Å². The molecule has 104 valence electrons. The molecule has 0 aromatic heterocycles. The predicted octanol–water partition coefficient (Wildman–Crippen LogP) is -0.0825. The van der Waals surface area contributed by atoms with E-state index >= 15 is 0 Å². The lowest BCUT2D eigenvalue weighted by atomic mass is 10.2.